The SMILES string of the molecule is Cc1cccc(CNC(=O)Cc2ccc(OC(F)F)cc2)c1. The Kier molecular flexibility index (Phi) is 5.47. The van der Waals surface area contributed by atoms with Gasteiger partial charge in [0.2, 0.25) is 5.91 Å². The quantitative estimate of drug-likeness (QED) is 0.887. The van der Waals surface area contributed by atoms with Gasteiger partial charge >= 0.3 is 6.61 Å². The van der Waals surface area contributed by atoms with Crippen LogP contribution >= 0.6 is 0 Å². The third-order valence-corrected chi connectivity index (χ3v) is 3.09. The number of ether oxygens (including phenoxy) is 1. The van der Waals surface area contributed by atoms with Gasteiger partial charge in [-0.1, -0.05) is 42.0 Å². The van der Waals surface area contributed by atoms with Gasteiger partial charge < -0.3 is 10.1 Å². The first-order chi connectivity index (χ1) is 10.5. The maximum absolute atomic E-state index is 12.0. The normalized spacial score (nSPS) is 10.5. The van der Waals surface area contributed by atoms with Gasteiger partial charge in [-0.05, 0) is 30.2 Å². The summed E-state index contributed by atoms with van der Waals surface area (Å²) in [6.07, 6.45) is 0.195. The summed E-state index contributed by atoms with van der Waals surface area (Å²) < 4.78 is 28.3. The molecule has 3 nitrogen and oxygen atoms in total. The molecule has 0 fully saturated rings. The minimum absolute atomic E-state index is 0.0823. The van der Waals surface area contributed by atoms with Crippen LogP contribution in [0.25, 0.3) is 0 Å². The van der Waals surface area contributed by atoms with E-state index < -0.39 is 6.61 Å². The standard InChI is InChI=1S/C17H17F2NO2/c1-12-3-2-4-14(9-12)11-20-16(21)10-13-5-7-15(8-6-13)22-17(18)19/h2-9,17H,10-11H2,1H3,(H,20,21). The van der Waals surface area contributed by atoms with Gasteiger partial charge in [-0.2, -0.15) is 8.78 Å². The maximum Gasteiger partial charge on any atom is 0.387 e. The predicted octanol–water partition coefficient (Wildman–Crippen LogP) is 3.46. The number of benzene rings is 2. The molecule has 1 amide bonds. The maximum atomic E-state index is 12.0. The zero-order valence-electron chi connectivity index (χ0n) is 12.2. The van der Waals surface area contributed by atoms with Crippen molar-refractivity contribution >= 4 is 5.91 Å². The van der Waals surface area contributed by atoms with Gasteiger partial charge in [0, 0.05) is 6.54 Å². The monoisotopic (exact) mass is 305 g/mol. The number of aryl methyl sites for hydroxylation is 1. The van der Waals surface area contributed by atoms with Crippen molar-refractivity contribution < 1.29 is 18.3 Å². The largest absolute Gasteiger partial charge is 0.435 e. The smallest absolute Gasteiger partial charge is 0.387 e. The Bertz CT molecular complexity index is 627. The average Bonchev–Trinajstić information content (AvgIpc) is 2.47. The highest BCUT2D eigenvalue weighted by molar-refractivity contribution is 5.78. The molecule has 2 aromatic carbocycles. The summed E-state index contributed by atoms with van der Waals surface area (Å²) in [7, 11) is 0. The zero-order valence-corrected chi connectivity index (χ0v) is 12.2. The second-order valence-corrected chi connectivity index (χ2v) is 4.97. The average molecular weight is 305 g/mol. The van der Waals surface area contributed by atoms with E-state index in [0.717, 1.165) is 16.7 Å². The van der Waals surface area contributed by atoms with E-state index in [1.54, 1.807) is 12.1 Å². The van der Waals surface area contributed by atoms with Crippen molar-refractivity contribution in [2.24, 2.45) is 0 Å². The molecule has 2 aromatic rings. The summed E-state index contributed by atoms with van der Waals surface area (Å²) in [5.41, 5.74) is 2.92. The van der Waals surface area contributed by atoms with Gasteiger partial charge in [0.15, 0.2) is 0 Å². The first kappa shape index (κ1) is 15.9. The molecule has 0 aliphatic rings. The number of rotatable bonds is 6. The molecule has 0 aromatic heterocycles. The van der Waals surface area contributed by atoms with E-state index in [4.69, 9.17) is 0 Å². The molecule has 0 unspecified atom stereocenters. The summed E-state index contributed by atoms with van der Waals surface area (Å²) in [4.78, 5) is 11.9. The van der Waals surface area contributed by atoms with Gasteiger partial charge in [0.25, 0.3) is 0 Å². The number of alkyl halides is 2. The molecule has 0 radical (unpaired) electrons. The first-order valence-corrected chi connectivity index (χ1v) is 6.89. The second-order valence-electron chi connectivity index (χ2n) is 4.97. The highest BCUT2D eigenvalue weighted by Gasteiger charge is 2.06. The predicted molar refractivity (Wildman–Crippen MR) is 79.8 cm³/mol. The van der Waals surface area contributed by atoms with Crippen molar-refractivity contribution in [1.29, 1.82) is 0 Å². The highest BCUT2D eigenvalue weighted by Crippen LogP contribution is 2.15. The fourth-order valence-corrected chi connectivity index (χ4v) is 2.06. The summed E-state index contributed by atoms with van der Waals surface area (Å²) in [6, 6.07) is 14.0. The number of halogens is 2. The van der Waals surface area contributed by atoms with E-state index in [0.29, 0.717) is 6.54 Å². The third kappa shape index (κ3) is 5.16. The van der Waals surface area contributed by atoms with Gasteiger partial charge in [-0.25, -0.2) is 0 Å². The van der Waals surface area contributed by atoms with Crippen LogP contribution in [-0.4, -0.2) is 12.5 Å². The molecular formula is C17H17F2NO2. The number of amides is 1. The van der Waals surface area contributed by atoms with Crippen molar-refractivity contribution in [3.8, 4) is 5.75 Å². The Morgan fingerprint density at radius 1 is 1.14 bits per heavy atom. The van der Waals surface area contributed by atoms with Gasteiger partial charge in [-0.15, -0.1) is 0 Å². The lowest BCUT2D eigenvalue weighted by atomic mass is 10.1. The topological polar surface area (TPSA) is 38.3 Å². The molecule has 0 aliphatic carbocycles. The minimum Gasteiger partial charge on any atom is -0.435 e. The molecule has 1 N–H and O–H groups in total. The van der Waals surface area contributed by atoms with E-state index in [1.165, 1.54) is 12.1 Å². The Hall–Kier alpha value is -2.43. The second kappa shape index (κ2) is 7.54. The molecule has 0 aliphatic heterocycles. The lowest BCUT2D eigenvalue weighted by Gasteiger charge is -2.07. The molecule has 0 saturated carbocycles. The molecule has 2 rings (SSSR count). The molecule has 0 spiro atoms. The van der Waals surface area contributed by atoms with Crippen LogP contribution in [0.1, 0.15) is 16.7 Å². The van der Waals surface area contributed by atoms with Crippen LogP contribution in [0.5, 0.6) is 5.75 Å². The highest BCUT2D eigenvalue weighted by atomic mass is 19.3. The third-order valence-electron chi connectivity index (χ3n) is 3.09. The summed E-state index contributed by atoms with van der Waals surface area (Å²) >= 11 is 0. The molecule has 0 heterocycles. The van der Waals surface area contributed by atoms with E-state index in [1.807, 2.05) is 31.2 Å². The van der Waals surface area contributed by atoms with Crippen LogP contribution < -0.4 is 10.1 Å². The molecule has 0 atom stereocenters. The van der Waals surface area contributed by atoms with Crippen molar-refractivity contribution in [2.45, 2.75) is 26.5 Å². The number of hydrogen-bond acceptors (Lipinski definition) is 2. The van der Waals surface area contributed by atoms with Crippen LogP contribution in [-0.2, 0) is 17.8 Å². The Morgan fingerprint density at radius 3 is 2.50 bits per heavy atom. The molecule has 5 heteroatoms. The Labute approximate surface area is 127 Å². The van der Waals surface area contributed by atoms with Gasteiger partial charge in [0.05, 0.1) is 6.42 Å². The van der Waals surface area contributed by atoms with E-state index >= 15 is 0 Å². The van der Waals surface area contributed by atoms with Crippen molar-refractivity contribution in [3.05, 3.63) is 65.2 Å². The van der Waals surface area contributed by atoms with Gasteiger partial charge in [0.1, 0.15) is 5.75 Å². The van der Waals surface area contributed by atoms with Crippen LogP contribution in [0.15, 0.2) is 48.5 Å². The van der Waals surface area contributed by atoms with Crippen LogP contribution in [0.3, 0.4) is 0 Å². The van der Waals surface area contributed by atoms with Crippen molar-refractivity contribution in [2.75, 3.05) is 0 Å². The van der Waals surface area contributed by atoms with E-state index in [2.05, 4.69) is 10.1 Å². The minimum atomic E-state index is -2.84. The number of hydrogen-bond donors (Lipinski definition) is 1. The van der Waals surface area contributed by atoms with Gasteiger partial charge in [-0.3, -0.25) is 4.79 Å². The molecule has 0 saturated heterocycles. The number of nitrogens with one attached hydrogen (secondary N) is 1. The summed E-state index contributed by atoms with van der Waals surface area (Å²) in [5, 5.41) is 2.83. The molecular weight excluding hydrogens is 288 g/mol. The van der Waals surface area contributed by atoms with Crippen LogP contribution in [0.2, 0.25) is 0 Å². The van der Waals surface area contributed by atoms with Crippen molar-refractivity contribution in [3.63, 3.8) is 0 Å². The van der Waals surface area contributed by atoms with E-state index in [9.17, 15) is 13.6 Å². The Balaban J connectivity index is 1.84. The number of carbonyl (C=O) groups excluding carboxylic acids is 1. The van der Waals surface area contributed by atoms with Crippen LogP contribution in [0.4, 0.5) is 8.78 Å². The lowest BCUT2D eigenvalue weighted by molar-refractivity contribution is -0.120. The summed E-state index contributed by atoms with van der Waals surface area (Å²) in [5.74, 6) is -0.0389. The first-order valence-electron chi connectivity index (χ1n) is 6.89. The fraction of sp³-hybridized carbons (Fsp3) is 0.235. The lowest BCUT2D eigenvalue weighted by Crippen LogP contribution is -2.24. The Morgan fingerprint density at radius 2 is 1.86 bits per heavy atom. The van der Waals surface area contributed by atoms with Crippen molar-refractivity contribution in [1.82, 2.24) is 5.32 Å². The van der Waals surface area contributed by atoms with E-state index in [-0.39, 0.29) is 18.1 Å². The van der Waals surface area contributed by atoms with Crippen LogP contribution in [0, 0.1) is 6.92 Å². The molecule has 22 heavy (non-hydrogen) atoms. The summed E-state index contributed by atoms with van der Waals surface area (Å²) in [6.45, 7) is -0.384. The number of carbonyl (C=O) groups is 1. The zero-order chi connectivity index (χ0) is 15.9. The molecule has 0 bridgehead atoms. The molecule has 116 valence electrons. The fourth-order valence-electron chi connectivity index (χ4n) is 2.06.